The van der Waals surface area contributed by atoms with E-state index in [1.165, 1.54) is 13.2 Å². The number of hydrogen-bond donors (Lipinski definition) is 0. The average Bonchev–Trinajstić information content (AvgIpc) is 2.38. The zero-order valence-electron chi connectivity index (χ0n) is 11.0. The van der Waals surface area contributed by atoms with E-state index < -0.39 is 16.0 Å². The van der Waals surface area contributed by atoms with Crippen molar-refractivity contribution in [3.63, 3.8) is 0 Å². The van der Waals surface area contributed by atoms with Crippen molar-refractivity contribution in [3.05, 3.63) is 32.1 Å². The molecule has 0 N–H and O–H groups in total. The van der Waals surface area contributed by atoms with Gasteiger partial charge in [-0.15, -0.1) is 0 Å². The van der Waals surface area contributed by atoms with E-state index in [1.54, 1.807) is 4.90 Å². The van der Waals surface area contributed by atoms with Gasteiger partial charge in [0.2, 0.25) is 5.54 Å². The zero-order chi connectivity index (χ0) is 14.3. The van der Waals surface area contributed by atoms with E-state index in [4.69, 9.17) is 4.74 Å². The predicted molar refractivity (Wildman–Crippen MR) is 65.9 cm³/mol. The van der Waals surface area contributed by atoms with Crippen molar-refractivity contribution in [2.45, 2.75) is 30.8 Å². The number of likely N-dealkylation sites (N-methyl/N-ethyl adjacent to an activating group) is 1. The van der Waals surface area contributed by atoms with Crippen molar-refractivity contribution in [3.8, 4) is 0 Å². The molecule has 0 aromatic heterocycles. The first-order valence-electron chi connectivity index (χ1n) is 6.16. The molecule has 0 radical (unpaired) electrons. The van der Waals surface area contributed by atoms with Crippen LogP contribution in [0.1, 0.15) is 19.8 Å². The minimum atomic E-state index is -1.49. The van der Waals surface area contributed by atoms with Gasteiger partial charge in [0.05, 0.1) is 26.6 Å². The Bertz CT molecular complexity index is 452. The number of piperidine rings is 1. The highest BCUT2D eigenvalue weighted by Crippen LogP contribution is 2.44. The first-order valence-corrected chi connectivity index (χ1v) is 6.16. The minimum Gasteiger partial charge on any atom is -0.494 e. The van der Waals surface area contributed by atoms with Gasteiger partial charge in [-0.3, -0.25) is 25.1 Å². The largest absolute Gasteiger partial charge is 0.494 e. The molecule has 1 aliphatic carbocycles. The third kappa shape index (κ3) is 1.86. The monoisotopic (exact) mass is 271 g/mol. The Morgan fingerprint density at radius 2 is 2.05 bits per heavy atom. The minimum absolute atomic E-state index is 0.101. The van der Waals surface area contributed by atoms with Crippen molar-refractivity contribution in [2.75, 3.05) is 26.7 Å². The van der Waals surface area contributed by atoms with E-state index in [1.807, 2.05) is 6.92 Å². The third-order valence-corrected chi connectivity index (χ3v) is 4.15. The molecule has 8 heteroatoms. The van der Waals surface area contributed by atoms with E-state index in [0.29, 0.717) is 6.54 Å². The Balaban J connectivity index is 2.53. The van der Waals surface area contributed by atoms with Crippen LogP contribution < -0.4 is 0 Å². The number of hydrogen-bond acceptors (Lipinski definition) is 6. The maximum absolute atomic E-state index is 11.5. The fourth-order valence-corrected chi connectivity index (χ4v) is 3.18. The van der Waals surface area contributed by atoms with Crippen LogP contribution in [-0.4, -0.2) is 52.6 Å². The van der Waals surface area contributed by atoms with Crippen LogP contribution in [0.2, 0.25) is 0 Å². The first kappa shape index (κ1) is 13.7. The number of nitro groups is 2. The molecule has 19 heavy (non-hydrogen) atoms. The van der Waals surface area contributed by atoms with E-state index in [2.05, 4.69) is 0 Å². The van der Waals surface area contributed by atoms with Gasteiger partial charge in [0.15, 0.2) is 5.76 Å². The highest BCUT2D eigenvalue weighted by atomic mass is 16.6. The van der Waals surface area contributed by atoms with Crippen LogP contribution in [0.3, 0.4) is 0 Å². The van der Waals surface area contributed by atoms with E-state index in [-0.39, 0.29) is 36.6 Å². The topological polar surface area (TPSA) is 98.8 Å². The molecule has 2 rings (SSSR count). The van der Waals surface area contributed by atoms with Gasteiger partial charge < -0.3 is 4.74 Å². The summed E-state index contributed by atoms with van der Waals surface area (Å²) in [5.41, 5.74) is -2.77. The Kier molecular flexibility index (Phi) is 3.21. The molecule has 2 aliphatic rings. The summed E-state index contributed by atoms with van der Waals surface area (Å²) in [7, 11) is 1.38. The number of rotatable bonds is 4. The van der Waals surface area contributed by atoms with Crippen molar-refractivity contribution in [1.82, 2.24) is 4.90 Å². The summed E-state index contributed by atoms with van der Waals surface area (Å²) in [6, 6.07) is 0. The van der Waals surface area contributed by atoms with E-state index in [0.717, 1.165) is 0 Å². The lowest BCUT2D eigenvalue weighted by Crippen LogP contribution is -2.67. The molecule has 0 aromatic rings. The standard InChI is InChI=1S/C11H17N3O5/c1-3-12-7-10(13(15)16)5-4-9(19-2)11(6-10,8-12)14(17)18/h4H,3,5-8H2,1-2H3/t10-,11+/m0/s1. The highest BCUT2D eigenvalue weighted by Gasteiger charge is 2.66. The Morgan fingerprint density at radius 1 is 1.37 bits per heavy atom. The molecule has 0 aromatic carbocycles. The molecule has 0 spiro atoms. The van der Waals surface area contributed by atoms with Gasteiger partial charge in [-0.1, -0.05) is 6.92 Å². The van der Waals surface area contributed by atoms with Crippen LogP contribution in [0.25, 0.3) is 0 Å². The van der Waals surface area contributed by atoms with Gasteiger partial charge in [-0.05, 0) is 12.6 Å². The van der Waals surface area contributed by atoms with Crippen molar-refractivity contribution < 1.29 is 14.6 Å². The van der Waals surface area contributed by atoms with Crippen LogP contribution in [0.4, 0.5) is 0 Å². The second-order valence-corrected chi connectivity index (χ2v) is 5.23. The average molecular weight is 271 g/mol. The number of fused-ring (bicyclic) bond motifs is 2. The van der Waals surface area contributed by atoms with Crippen LogP contribution in [0.5, 0.6) is 0 Å². The van der Waals surface area contributed by atoms with Gasteiger partial charge in [0.1, 0.15) is 0 Å². The van der Waals surface area contributed by atoms with E-state index >= 15 is 0 Å². The lowest BCUT2D eigenvalue weighted by molar-refractivity contribution is -0.624. The maximum atomic E-state index is 11.5. The van der Waals surface area contributed by atoms with Gasteiger partial charge in [-0.25, -0.2) is 0 Å². The molecule has 1 fully saturated rings. The zero-order valence-corrected chi connectivity index (χ0v) is 11.0. The Morgan fingerprint density at radius 3 is 2.53 bits per heavy atom. The fourth-order valence-electron chi connectivity index (χ4n) is 3.18. The number of methoxy groups -OCH3 is 1. The second kappa shape index (κ2) is 4.44. The van der Waals surface area contributed by atoms with Crippen LogP contribution in [0.15, 0.2) is 11.8 Å². The first-order chi connectivity index (χ1) is 8.90. The van der Waals surface area contributed by atoms with Gasteiger partial charge in [0, 0.05) is 16.3 Å². The molecule has 1 aliphatic heterocycles. The summed E-state index contributed by atoms with van der Waals surface area (Å²) in [5.74, 6) is 0.244. The van der Waals surface area contributed by atoms with Gasteiger partial charge in [-0.2, -0.15) is 0 Å². The van der Waals surface area contributed by atoms with Gasteiger partial charge >= 0.3 is 0 Å². The molecule has 2 bridgehead atoms. The molecule has 1 heterocycles. The molecule has 8 nitrogen and oxygen atoms in total. The molecule has 2 atom stereocenters. The number of nitrogens with zero attached hydrogens (tertiary/aromatic N) is 3. The summed E-state index contributed by atoms with van der Waals surface area (Å²) >= 11 is 0. The molecule has 1 saturated heterocycles. The van der Waals surface area contributed by atoms with Crippen molar-refractivity contribution >= 4 is 0 Å². The lowest BCUT2D eigenvalue weighted by atomic mass is 9.71. The maximum Gasteiger partial charge on any atom is 0.296 e. The fraction of sp³-hybridized carbons (Fsp3) is 0.818. The normalized spacial score (nSPS) is 34.5. The number of likely N-dealkylation sites (tertiary alicyclic amines) is 1. The summed E-state index contributed by atoms with van der Waals surface area (Å²) < 4.78 is 5.13. The summed E-state index contributed by atoms with van der Waals surface area (Å²) in [6.45, 7) is 2.80. The van der Waals surface area contributed by atoms with Crippen LogP contribution in [-0.2, 0) is 4.74 Å². The lowest BCUT2D eigenvalue weighted by Gasteiger charge is -2.45. The van der Waals surface area contributed by atoms with Gasteiger partial charge in [0.25, 0.3) is 5.54 Å². The van der Waals surface area contributed by atoms with Crippen LogP contribution in [0, 0.1) is 20.2 Å². The van der Waals surface area contributed by atoms with Crippen molar-refractivity contribution in [2.24, 2.45) is 0 Å². The smallest absolute Gasteiger partial charge is 0.296 e. The Hall–Kier alpha value is -1.70. The van der Waals surface area contributed by atoms with Crippen molar-refractivity contribution in [1.29, 1.82) is 0 Å². The molecule has 106 valence electrons. The van der Waals surface area contributed by atoms with E-state index in [9.17, 15) is 20.2 Å². The summed E-state index contributed by atoms with van der Waals surface area (Å²) in [6.07, 6.45) is 1.59. The SMILES string of the molecule is CCN1C[C@]2([N+](=O)[O-])CC=C(OC)[C@]([N+](=O)[O-])(C1)C2. The number of ether oxygens (including phenoxy) is 1. The summed E-state index contributed by atoms with van der Waals surface area (Å²) in [5, 5.41) is 22.9. The second-order valence-electron chi connectivity index (χ2n) is 5.23. The quantitative estimate of drug-likeness (QED) is 0.550. The molecule has 0 saturated carbocycles. The molecular formula is C11H17N3O5. The summed E-state index contributed by atoms with van der Waals surface area (Å²) in [4.78, 5) is 23.9. The van der Waals surface area contributed by atoms with Crippen LogP contribution >= 0.6 is 0 Å². The molecule has 0 amide bonds. The molecular weight excluding hydrogens is 254 g/mol. The highest BCUT2D eigenvalue weighted by molar-refractivity contribution is 5.23. The third-order valence-electron chi connectivity index (χ3n) is 4.15. The molecule has 0 unspecified atom stereocenters. The Labute approximate surface area is 110 Å². The predicted octanol–water partition coefficient (Wildman–Crippen LogP) is 0.677.